The number of hydrazone groups is 1. The number of hydrogen-bond acceptors (Lipinski definition) is 7. The van der Waals surface area contributed by atoms with E-state index in [1.54, 1.807) is 17.3 Å². The van der Waals surface area contributed by atoms with Crippen molar-refractivity contribution in [2.75, 3.05) is 31.1 Å². The minimum Gasteiger partial charge on any atom is -0.337 e. The van der Waals surface area contributed by atoms with Crippen LogP contribution in [-0.4, -0.2) is 57.6 Å². The van der Waals surface area contributed by atoms with Crippen LogP contribution >= 0.6 is 23.2 Å². The topological polar surface area (TPSA) is 86.6 Å². The van der Waals surface area contributed by atoms with Gasteiger partial charge in [-0.25, -0.2) is 9.97 Å². The monoisotopic (exact) mass is 404 g/mol. The highest BCUT2D eigenvalue weighted by Gasteiger charge is 2.30. The molecule has 1 unspecified atom stereocenters. The summed E-state index contributed by atoms with van der Waals surface area (Å²) in [6.07, 6.45) is 8.03. The van der Waals surface area contributed by atoms with E-state index < -0.39 is 0 Å². The number of pyridine rings is 1. The summed E-state index contributed by atoms with van der Waals surface area (Å²) in [5.41, 5.74) is 4.43. The lowest BCUT2D eigenvalue weighted by atomic mass is 10.0. The Morgan fingerprint density at radius 1 is 1.19 bits per heavy atom. The summed E-state index contributed by atoms with van der Waals surface area (Å²) in [6, 6.07) is 1.74. The van der Waals surface area contributed by atoms with E-state index in [1.165, 1.54) is 6.20 Å². The van der Waals surface area contributed by atoms with E-state index in [1.807, 2.05) is 11.0 Å². The number of nitrogens with one attached hydrogen (secondary N) is 1. The van der Waals surface area contributed by atoms with E-state index in [4.69, 9.17) is 23.2 Å². The second-order valence-corrected chi connectivity index (χ2v) is 7.13. The molecule has 0 aliphatic carbocycles. The van der Waals surface area contributed by atoms with Crippen LogP contribution in [0.25, 0.3) is 0 Å². The Bertz CT molecular complexity index is 866. The summed E-state index contributed by atoms with van der Waals surface area (Å²) in [4.78, 5) is 29.0. The summed E-state index contributed by atoms with van der Waals surface area (Å²) < 4.78 is 0. The van der Waals surface area contributed by atoms with Crippen LogP contribution in [0.2, 0.25) is 10.0 Å². The van der Waals surface area contributed by atoms with Crippen molar-refractivity contribution in [3.63, 3.8) is 0 Å². The average Bonchev–Trinajstić information content (AvgIpc) is 3.18. The van der Waals surface area contributed by atoms with E-state index in [0.29, 0.717) is 54.3 Å². The van der Waals surface area contributed by atoms with Crippen LogP contribution in [0.4, 0.5) is 5.95 Å². The smallest absolute Gasteiger partial charge is 0.270 e. The zero-order chi connectivity index (χ0) is 18.8. The fourth-order valence-corrected chi connectivity index (χ4v) is 3.38. The van der Waals surface area contributed by atoms with Crippen molar-refractivity contribution in [2.24, 2.45) is 5.10 Å². The molecule has 4 rings (SSSR count). The molecule has 1 fully saturated rings. The number of carbonyl (C=O) groups excluding carboxylic acids is 1. The van der Waals surface area contributed by atoms with Gasteiger partial charge in [0, 0.05) is 45.0 Å². The molecule has 1 radical (unpaired) electrons. The molecule has 1 amide bonds. The molecule has 2 aliphatic rings. The molecule has 8 nitrogen and oxygen atoms in total. The standard InChI is InChI=1S/C17H16Cl2N7O/c18-12-5-11(7-20-8-12)14-6-15(24-23-14)16(27)25-1-3-26(4-2-25)17-21-9-13(19)10-22-17/h5,7-9,14,23H,1-4,6H2. The highest BCUT2D eigenvalue weighted by atomic mass is 35.5. The number of aromatic nitrogens is 3. The lowest BCUT2D eigenvalue weighted by molar-refractivity contribution is -0.124. The van der Waals surface area contributed by atoms with E-state index in [0.717, 1.165) is 5.56 Å². The van der Waals surface area contributed by atoms with Gasteiger partial charge in [0.05, 0.1) is 22.3 Å². The third-order valence-corrected chi connectivity index (χ3v) is 4.92. The van der Waals surface area contributed by atoms with Crippen LogP contribution in [-0.2, 0) is 4.79 Å². The quantitative estimate of drug-likeness (QED) is 0.837. The number of piperazine rings is 1. The Morgan fingerprint density at radius 3 is 2.70 bits per heavy atom. The minimum absolute atomic E-state index is 0.0526. The van der Waals surface area contributed by atoms with E-state index >= 15 is 0 Å². The van der Waals surface area contributed by atoms with Crippen LogP contribution in [0.3, 0.4) is 0 Å². The minimum atomic E-state index is -0.0885. The van der Waals surface area contributed by atoms with E-state index in [2.05, 4.69) is 31.7 Å². The Kier molecular flexibility index (Phi) is 5.09. The van der Waals surface area contributed by atoms with Gasteiger partial charge >= 0.3 is 0 Å². The van der Waals surface area contributed by atoms with Gasteiger partial charge in [0.1, 0.15) is 11.9 Å². The van der Waals surface area contributed by atoms with Crippen molar-refractivity contribution < 1.29 is 4.79 Å². The maximum atomic E-state index is 12.8. The van der Waals surface area contributed by atoms with Gasteiger partial charge in [-0.3, -0.25) is 9.78 Å². The first-order chi connectivity index (χ1) is 13.1. The first-order valence-corrected chi connectivity index (χ1v) is 9.23. The second kappa shape index (κ2) is 7.66. The molecule has 139 valence electrons. The van der Waals surface area contributed by atoms with Crippen LogP contribution in [0.1, 0.15) is 18.0 Å². The third kappa shape index (κ3) is 3.96. The lowest BCUT2D eigenvalue weighted by Gasteiger charge is -2.34. The number of anilines is 1. The van der Waals surface area contributed by atoms with E-state index in [9.17, 15) is 4.79 Å². The fourth-order valence-electron chi connectivity index (χ4n) is 3.11. The molecule has 2 aromatic heterocycles. The second-order valence-electron chi connectivity index (χ2n) is 6.29. The van der Waals surface area contributed by atoms with Gasteiger partial charge in [-0.2, -0.15) is 5.10 Å². The van der Waals surface area contributed by atoms with Crippen LogP contribution in [0.5, 0.6) is 0 Å². The molecule has 0 saturated carbocycles. The van der Waals surface area contributed by atoms with Crippen LogP contribution < -0.4 is 10.3 Å². The Hall–Kier alpha value is -2.45. The highest BCUT2D eigenvalue weighted by Crippen LogP contribution is 2.24. The molecule has 4 heterocycles. The van der Waals surface area contributed by atoms with E-state index in [-0.39, 0.29) is 11.9 Å². The van der Waals surface area contributed by atoms with Gasteiger partial charge in [0.25, 0.3) is 5.91 Å². The SMILES string of the molecule is O=C(C1=NNC(c2cncc(Cl)c2)C1)N1CCN(c2n[c]c(Cl)cn2)CC1. The summed E-state index contributed by atoms with van der Waals surface area (Å²) in [5.74, 6) is 0.517. The van der Waals surface area contributed by atoms with Crippen molar-refractivity contribution in [1.82, 2.24) is 25.3 Å². The van der Waals surface area contributed by atoms with Gasteiger partial charge in [-0.1, -0.05) is 23.2 Å². The molecular weight excluding hydrogens is 389 g/mol. The Labute approximate surface area is 166 Å². The van der Waals surface area contributed by atoms with Gasteiger partial charge in [-0.05, 0) is 11.6 Å². The molecule has 0 aromatic carbocycles. The Balaban J connectivity index is 1.34. The number of halogens is 2. The maximum Gasteiger partial charge on any atom is 0.270 e. The van der Waals surface area contributed by atoms with Crippen LogP contribution in [0.15, 0.2) is 29.8 Å². The number of amides is 1. The van der Waals surface area contributed by atoms with Gasteiger partial charge in [-0.15, -0.1) is 0 Å². The molecule has 0 spiro atoms. The normalized spacial score (nSPS) is 19.6. The average molecular weight is 405 g/mol. The van der Waals surface area contributed by atoms with Gasteiger partial charge in [0.15, 0.2) is 0 Å². The summed E-state index contributed by atoms with van der Waals surface area (Å²) in [6.45, 7) is 2.44. The fraction of sp³-hybridized carbons (Fsp3) is 0.353. The van der Waals surface area contributed by atoms with Gasteiger partial charge in [0.2, 0.25) is 5.95 Å². The number of rotatable bonds is 3. The van der Waals surface area contributed by atoms with Gasteiger partial charge < -0.3 is 15.2 Å². The number of hydrogen-bond donors (Lipinski definition) is 1. The van der Waals surface area contributed by atoms with Crippen molar-refractivity contribution in [2.45, 2.75) is 12.5 Å². The Morgan fingerprint density at radius 2 is 2.00 bits per heavy atom. The molecule has 2 aliphatic heterocycles. The number of carbonyl (C=O) groups is 1. The maximum absolute atomic E-state index is 12.8. The molecule has 1 saturated heterocycles. The summed E-state index contributed by atoms with van der Waals surface area (Å²) in [5, 5.41) is 5.17. The van der Waals surface area contributed by atoms with Crippen molar-refractivity contribution >= 4 is 40.8 Å². The molecule has 27 heavy (non-hydrogen) atoms. The molecule has 1 atom stereocenters. The lowest BCUT2D eigenvalue weighted by Crippen LogP contribution is -2.51. The largest absolute Gasteiger partial charge is 0.337 e. The third-order valence-electron chi connectivity index (χ3n) is 4.53. The predicted molar refractivity (Wildman–Crippen MR) is 102 cm³/mol. The zero-order valence-corrected chi connectivity index (χ0v) is 15.8. The van der Waals surface area contributed by atoms with Crippen molar-refractivity contribution in [3.05, 3.63) is 46.5 Å². The first-order valence-electron chi connectivity index (χ1n) is 8.47. The van der Waals surface area contributed by atoms with Crippen molar-refractivity contribution in [1.29, 1.82) is 0 Å². The van der Waals surface area contributed by atoms with Crippen LogP contribution in [0, 0.1) is 6.20 Å². The molecule has 0 bridgehead atoms. The molecule has 2 aromatic rings. The predicted octanol–water partition coefficient (Wildman–Crippen LogP) is 1.72. The first kappa shape index (κ1) is 17.9. The highest BCUT2D eigenvalue weighted by molar-refractivity contribution is 6.39. The van der Waals surface area contributed by atoms with Crippen molar-refractivity contribution in [3.8, 4) is 0 Å². The number of nitrogens with zero attached hydrogens (tertiary/aromatic N) is 6. The zero-order valence-electron chi connectivity index (χ0n) is 14.3. The summed E-state index contributed by atoms with van der Waals surface area (Å²) in [7, 11) is 0. The molecule has 1 N–H and O–H groups in total. The molecule has 10 heteroatoms. The summed E-state index contributed by atoms with van der Waals surface area (Å²) >= 11 is 11.8. The molecular formula is C17H16Cl2N7O.